The zero-order valence-corrected chi connectivity index (χ0v) is 18.1. The highest BCUT2D eigenvalue weighted by Gasteiger charge is 2.51. The third kappa shape index (κ3) is 2.53. The molecule has 2 aromatic heterocycles. The second-order valence-electron chi connectivity index (χ2n) is 7.82. The number of nitrogens with zero attached hydrogens (tertiary/aromatic N) is 2. The number of benzene rings is 2. The first-order valence-corrected chi connectivity index (χ1v) is 12.0. The Hall–Kier alpha value is -2.51. The third-order valence-corrected chi connectivity index (χ3v) is 10.1. The van der Waals surface area contributed by atoms with Crippen LogP contribution < -0.4 is 5.32 Å². The molecule has 2 atom stereocenters. The van der Waals surface area contributed by atoms with Crippen molar-refractivity contribution in [3.8, 4) is 0 Å². The summed E-state index contributed by atoms with van der Waals surface area (Å²) in [5.74, 6) is -0.0672. The minimum atomic E-state index is -3.41. The molecule has 0 amide bonds. The number of pyridine rings is 1. The molecule has 0 saturated heterocycles. The van der Waals surface area contributed by atoms with E-state index in [2.05, 4.69) is 15.3 Å². The van der Waals surface area contributed by atoms with Crippen molar-refractivity contribution in [1.29, 1.82) is 0 Å². The molecule has 5 nitrogen and oxygen atoms in total. The number of thiazole rings is 1. The molecule has 148 valence electrons. The van der Waals surface area contributed by atoms with E-state index in [9.17, 15) is 8.42 Å². The Balaban J connectivity index is 1.67. The maximum Gasteiger partial charge on any atom is 0.184 e. The largest absolute Gasteiger partial charge is 0.355 e. The maximum atomic E-state index is 13.3. The SMILES string of the molecule is CCC1(C)C(C)c2cc3nccc(Nc4ccc5scnc5c4)c3cc2S1(=O)=O. The standard InChI is InChI=1S/C22H21N3O2S2/c1-4-22(3)13(2)15-10-18-16(11-21(15)29(22,26)27)17(7-8-23-18)25-14-5-6-20-19(9-14)24-12-28-20/h5-13H,4H2,1-3H3,(H,23,25). The zero-order chi connectivity index (χ0) is 20.4. The Bertz CT molecular complexity index is 1380. The lowest BCUT2D eigenvalue weighted by atomic mass is 9.86. The normalized spacial score (nSPS) is 22.8. The van der Waals surface area contributed by atoms with Gasteiger partial charge in [0.1, 0.15) is 0 Å². The zero-order valence-electron chi connectivity index (χ0n) is 16.4. The van der Waals surface area contributed by atoms with Gasteiger partial charge in [0.05, 0.1) is 30.9 Å². The summed E-state index contributed by atoms with van der Waals surface area (Å²) in [5.41, 5.74) is 6.18. The molecule has 1 aliphatic heterocycles. The number of aromatic nitrogens is 2. The van der Waals surface area contributed by atoms with Gasteiger partial charge in [-0.15, -0.1) is 11.3 Å². The van der Waals surface area contributed by atoms with E-state index in [-0.39, 0.29) is 5.92 Å². The van der Waals surface area contributed by atoms with Crippen LogP contribution in [0.5, 0.6) is 0 Å². The van der Waals surface area contributed by atoms with Gasteiger partial charge in [0.25, 0.3) is 0 Å². The molecule has 0 spiro atoms. The predicted octanol–water partition coefficient (Wildman–Crippen LogP) is 5.65. The Morgan fingerprint density at radius 2 is 1.97 bits per heavy atom. The Morgan fingerprint density at radius 3 is 2.76 bits per heavy atom. The van der Waals surface area contributed by atoms with Gasteiger partial charge in [0.2, 0.25) is 0 Å². The van der Waals surface area contributed by atoms with Gasteiger partial charge in [-0.05, 0) is 55.3 Å². The summed E-state index contributed by atoms with van der Waals surface area (Å²) in [5, 5.41) is 4.23. The van der Waals surface area contributed by atoms with Crippen molar-refractivity contribution in [2.45, 2.75) is 42.8 Å². The van der Waals surface area contributed by atoms with Crippen molar-refractivity contribution in [1.82, 2.24) is 9.97 Å². The Labute approximate surface area is 173 Å². The highest BCUT2D eigenvalue weighted by molar-refractivity contribution is 7.93. The monoisotopic (exact) mass is 423 g/mol. The molecule has 0 bridgehead atoms. The fourth-order valence-electron chi connectivity index (χ4n) is 4.27. The smallest absolute Gasteiger partial charge is 0.184 e. The third-order valence-electron chi connectivity index (χ3n) is 6.47. The van der Waals surface area contributed by atoms with Crippen molar-refractivity contribution in [3.05, 3.63) is 53.7 Å². The molecule has 4 aromatic rings. The molecule has 2 unspecified atom stereocenters. The lowest BCUT2D eigenvalue weighted by Crippen LogP contribution is -2.34. The van der Waals surface area contributed by atoms with Crippen molar-refractivity contribution >= 4 is 53.7 Å². The summed E-state index contributed by atoms with van der Waals surface area (Å²) in [6, 6.07) is 11.7. The minimum Gasteiger partial charge on any atom is -0.355 e. The molecule has 1 aliphatic rings. The van der Waals surface area contributed by atoms with Gasteiger partial charge in [-0.3, -0.25) is 4.98 Å². The van der Waals surface area contributed by atoms with Crippen molar-refractivity contribution in [2.24, 2.45) is 0 Å². The molecular weight excluding hydrogens is 402 g/mol. The molecule has 0 fully saturated rings. The van der Waals surface area contributed by atoms with E-state index in [4.69, 9.17) is 0 Å². The summed E-state index contributed by atoms with van der Waals surface area (Å²) in [4.78, 5) is 9.32. The number of nitrogens with one attached hydrogen (secondary N) is 1. The van der Waals surface area contributed by atoms with Crippen LogP contribution in [0.3, 0.4) is 0 Å². The molecule has 1 N–H and O–H groups in total. The van der Waals surface area contributed by atoms with E-state index < -0.39 is 14.6 Å². The summed E-state index contributed by atoms with van der Waals surface area (Å²) in [7, 11) is -3.41. The number of hydrogen-bond donors (Lipinski definition) is 1. The average Bonchev–Trinajstić information content (AvgIpc) is 3.24. The lowest BCUT2D eigenvalue weighted by Gasteiger charge is -2.26. The number of hydrogen-bond acceptors (Lipinski definition) is 6. The van der Waals surface area contributed by atoms with Crippen LogP contribution in [0.1, 0.15) is 38.7 Å². The van der Waals surface area contributed by atoms with Crippen LogP contribution in [-0.2, 0) is 9.84 Å². The average molecular weight is 424 g/mol. The first kappa shape index (κ1) is 18.5. The second-order valence-corrected chi connectivity index (χ2v) is 11.1. The molecule has 2 aromatic carbocycles. The van der Waals surface area contributed by atoms with E-state index in [1.807, 2.05) is 56.6 Å². The first-order chi connectivity index (χ1) is 13.8. The van der Waals surface area contributed by atoms with Gasteiger partial charge in [0, 0.05) is 28.9 Å². The number of anilines is 2. The summed E-state index contributed by atoms with van der Waals surface area (Å²) in [6.07, 6.45) is 2.33. The first-order valence-electron chi connectivity index (χ1n) is 9.63. The molecule has 0 aliphatic carbocycles. The minimum absolute atomic E-state index is 0.0672. The Morgan fingerprint density at radius 1 is 1.14 bits per heavy atom. The highest BCUT2D eigenvalue weighted by atomic mass is 32.2. The van der Waals surface area contributed by atoms with E-state index in [0.717, 1.165) is 38.1 Å². The van der Waals surface area contributed by atoms with Crippen LogP contribution in [0.4, 0.5) is 11.4 Å². The van der Waals surface area contributed by atoms with E-state index in [1.54, 1.807) is 23.6 Å². The lowest BCUT2D eigenvalue weighted by molar-refractivity contribution is 0.485. The highest BCUT2D eigenvalue weighted by Crippen LogP contribution is 2.51. The maximum absolute atomic E-state index is 13.3. The Kier molecular flexibility index (Phi) is 3.98. The van der Waals surface area contributed by atoms with Gasteiger partial charge >= 0.3 is 0 Å². The van der Waals surface area contributed by atoms with Crippen LogP contribution in [0.15, 0.2) is 53.0 Å². The fourth-order valence-corrected chi connectivity index (χ4v) is 7.22. The topological polar surface area (TPSA) is 72.0 Å². The molecule has 5 rings (SSSR count). The molecule has 0 radical (unpaired) electrons. The fraction of sp³-hybridized carbons (Fsp3) is 0.273. The van der Waals surface area contributed by atoms with Crippen LogP contribution in [0, 0.1) is 0 Å². The number of fused-ring (bicyclic) bond motifs is 3. The van der Waals surface area contributed by atoms with Gasteiger partial charge in [0.15, 0.2) is 9.84 Å². The molecule has 0 saturated carbocycles. The quantitative estimate of drug-likeness (QED) is 0.461. The summed E-state index contributed by atoms with van der Waals surface area (Å²) in [6.45, 7) is 5.80. The van der Waals surface area contributed by atoms with Crippen LogP contribution in [-0.4, -0.2) is 23.1 Å². The van der Waals surface area contributed by atoms with Crippen LogP contribution >= 0.6 is 11.3 Å². The molecular formula is C22H21N3O2S2. The van der Waals surface area contributed by atoms with Crippen LogP contribution in [0.25, 0.3) is 21.1 Å². The molecule has 29 heavy (non-hydrogen) atoms. The van der Waals surface area contributed by atoms with Crippen molar-refractivity contribution in [3.63, 3.8) is 0 Å². The van der Waals surface area contributed by atoms with Gasteiger partial charge in [-0.25, -0.2) is 13.4 Å². The summed E-state index contributed by atoms with van der Waals surface area (Å²) < 4.78 is 27.0. The van der Waals surface area contributed by atoms with Gasteiger partial charge < -0.3 is 5.32 Å². The van der Waals surface area contributed by atoms with Gasteiger partial charge in [-0.1, -0.05) is 13.8 Å². The number of sulfone groups is 1. The second kappa shape index (κ2) is 6.24. The number of rotatable bonds is 3. The van der Waals surface area contributed by atoms with E-state index in [0.29, 0.717) is 11.3 Å². The van der Waals surface area contributed by atoms with Crippen LogP contribution in [0.2, 0.25) is 0 Å². The molecule has 3 heterocycles. The van der Waals surface area contributed by atoms with Gasteiger partial charge in [-0.2, -0.15) is 0 Å². The van der Waals surface area contributed by atoms with E-state index >= 15 is 0 Å². The van der Waals surface area contributed by atoms with Crippen molar-refractivity contribution in [2.75, 3.05) is 5.32 Å². The molecule has 7 heteroatoms. The van der Waals surface area contributed by atoms with Crippen molar-refractivity contribution < 1.29 is 8.42 Å². The predicted molar refractivity (Wildman–Crippen MR) is 119 cm³/mol. The van der Waals surface area contributed by atoms with E-state index in [1.165, 1.54) is 0 Å². The summed E-state index contributed by atoms with van der Waals surface area (Å²) >= 11 is 1.60.